The maximum atomic E-state index is 12.1. The number of benzene rings is 1. The van der Waals surface area contributed by atoms with Gasteiger partial charge in [0.05, 0.1) is 5.69 Å². The minimum atomic E-state index is -1.03. The van der Waals surface area contributed by atoms with Gasteiger partial charge in [0.15, 0.2) is 0 Å². The van der Waals surface area contributed by atoms with Gasteiger partial charge in [-0.25, -0.2) is 4.79 Å². The molecule has 1 fully saturated rings. The molecule has 2 amide bonds. The minimum Gasteiger partial charge on any atom is -0.478 e. The number of hydrogen-bond acceptors (Lipinski definition) is 3. The first-order valence-electron chi connectivity index (χ1n) is 6.65. The van der Waals surface area contributed by atoms with Gasteiger partial charge in [-0.1, -0.05) is 26.0 Å². The number of carbonyl (C=O) groups is 3. The van der Waals surface area contributed by atoms with E-state index >= 15 is 0 Å². The Morgan fingerprint density at radius 2 is 1.67 bits per heavy atom. The predicted molar refractivity (Wildman–Crippen MR) is 78.6 cm³/mol. The van der Waals surface area contributed by atoms with Crippen LogP contribution in [0.1, 0.15) is 32.3 Å². The van der Waals surface area contributed by atoms with Crippen LogP contribution in [0.5, 0.6) is 0 Å². The fourth-order valence-electron chi connectivity index (χ4n) is 2.37. The van der Waals surface area contributed by atoms with Crippen LogP contribution in [0, 0.1) is 5.41 Å². The van der Waals surface area contributed by atoms with E-state index in [-0.39, 0.29) is 17.2 Å². The van der Waals surface area contributed by atoms with E-state index in [0.29, 0.717) is 24.1 Å². The first-order chi connectivity index (χ1) is 9.78. The van der Waals surface area contributed by atoms with Crippen LogP contribution < -0.4 is 4.90 Å². The summed E-state index contributed by atoms with van der Waals surface area (Å²) in [5.74, 6) is -1.43. The number of carbonyl (C=O) groups excluding carboxylic acids is 2. The fourth-order valence-corrected chi connectivity index (χ4v) is 2.37. The molecule has 1 heterocycles. The summed E-state index contributed by atoms with van der Waals surface area (Å²) in [5.41, 5.74) is 0.917. The summed E-state index contributed by atoms with van der Waals surface area (Å²) in [6.07, 6.45) is 3.16. The summed E-state index contributed by atoms with van der Waals surface area (Å²) >= 11 is 0. The van der Waals surface area contributed by atoms with Crippen molar-refractivity contribution >= 4 is 29.5 Å². The molecular weight excluding hydrogens is 270 g/mol. The van der Waals surface area contributed by atoms with Gasteiger partial charge in [0, 0.05) is 18.9 Å². The number of carboxylic acids is 1. The molecule has 1 aromatic rings. The Kier molecular flexibility index (Phi) is 3.93. The van der Waals surface area contributed by atoms with Crippen LogP contribution in [-0.2, 0) is 14.4 Å². The Bertz CT molecular complexity index is 594. The first kappa shape index (κ1) is 15.0. The van der Waals surface area contributed by atoms with Crippen LogP contribution in [-0.4, -0.2) is 22.9 Å². The van der Waals surface area contributed by atoms with Gasteiger partial charge < -0.3 is 5.11 Å². The second kappa shape index (κ2) is 5.52. The van der Waals surface area contributed by atoms with E-state index in [9.17, 15) is 14.4 Å². The van der Waals surface area contributed by atoms with E-state index in [1.807, 2.05) is 13.8 Å². The summed E-state index contributed by atoms with van der Waals surface area (Å²) in [6.45, 7) is 3.81. The van der Waals surface area contributed by atoms with Crippen molar-refractivity contribution in [2.45, 2.75) is 26.7 Å². The smallest absolute Gasteiger partial charge is 0.328 e. The van der Waals surface area contributed by atoms with Crippen molar-refractivity contribution in [2.24, 2.45) is 5.41 Å². The van der Waals surface area contributed by atoms with Crippen LogP contribution in [0.3, 0.4) is 0 Å². The highest BCUT2D eigenvalue weighted by Gasteiger charge is 2.38. The second-order valence-electron chi connectivity index (χ2n) is 5.90. The van der Waals surface area contributed by atoms with E-state index in [2.05, 4.69) is 0 Å². The van der Waals surface area contributed by atoms with E-state index in [1.165, 1.54) is 11.0 Å². The van der Waals surface area contributed by atoms with Crippen LogP contribution in [0.2, 0.25) is 0 Å². The average molecular weight is 287 g/mol. The number of piperidine rings is 1. The highest BCUT2D eigenvalue weighted by molar-refractivity contribution is 6.16. The lowest BCUT2D eigenvalue weighted by Gasteiger charge is -2.34. The summed E-state index contributed by atoms with van der Waals surface area (Å²) in [7, 11) is 0. The molecule has 1 saturated heterocycles. The number of carboxylic acid groups (broad SMARTS) is 1. The highest BCUT2D eigenvalue weighted by Crippen LogP contribution is 2.34. The van der Waals surface area contributed by atoms with Crippen molar-refractivity contribution in [3.63, 3.8) is 0 Å². The molecule has 0 aromatic heterocycles. The van der Waals surface area contributed by atoms with Crippen LogP contribution in [0.25, 0.3) is 6.08 Å². The summed E-state index contributed by atoms with van der Waals surface area (Å²) in [6, 6.07) is 6.65. The minimum absolute atomic E-state index is 0.204. The topological polar surface area (TPSA) is 74.7 Å². The van der Waals surface area contributed by atoms with Gasteiger partial charge in [0.1, 0.15) is 0 Å². The van der Waals surface area contributed by atoms with Gasteiger partial charge in [-0.2, -0.15) is 0 Å². The van der Waals surface area contributed by atoms with Gasteiger partial charge in [-0.3, -0.25) is 14.5 Å². The average Bonchev–Trinajstić information content (AvgIpc) is 2.35. The molecule has 5 nitrogen and oxygen atoms in total. The lowest BCUT2D eigenvalue weighted by atomic mass is 9.81. The number of aliphatic carboxylic acids is 1. The maximum absolute atomic E-state index is 12.1. The molecule has 0 aliphatic carbocycles. The van der Waals surface area contributed by atoms with Crippen molar-refractivity contribution in [1.29, 1.82) is 0 Å². The SMILES string of the molecule is CC1(C)CC(=O)N(c2ccc(C=CC(=O)O)cc2)C(=O)C1. The Morgan fingerprint density at radius 1 is 1.14 bits per heavy atom. The second-order valence-corrected chi connectivity index (χ2v) is 5.90. The number of hydrogen-bond donors (Lipinski definition) is 1. The monoisotopic (exact) mass is 287 g/mol. The molecule has 110 valence electrons. The molecule has 0 spiro atoms. The fraction of sp³-hybridized carbons (Fsp3) is 0.312. The molecule has 21 heavy (non-hydrogen) atoms. The first-order valence-corrected chi connectivity index (χ1v) is 6.65. The number of amides is 2. The largest absolute Gasteiger partial charge is 0.478 e. The lowest BCUT2D eigenvalue weighted by molar-refractivity contribution is -0.133. The molecule has 0 saturated carbocycles. The number of imide groups is 1. The van der Waals surface area contributed by atoms with Crippen molar-refractivity contribution in [1.82, 2.24) is 0 Å². The van der Waals surface area contributed by atoms with Crippen molar-refractivity contribution in [3.8, 4) is 0 Å². The maximum Gasteiger partial charge on any atom is 0.328 e. The molecule has 1 N–H and O–H groups in total. The van der Waals surface area contributed by atoms with E-state index in [1.54, 1.807) is 24.3 Å². The summed E-state index contributed by atoms with van der Waals surface area (Å²) in [5, 5.41) is 8.57. The third-order valence-electron chi connectivity index (χ3n) is 3.33. The van der Waals surface area contributed by atoms with Crippen molar-refractivity contribution in [3.05, 3.63) is 35.9 Å². The van der Waals surface area contributed by atoms with Gasteiger partial charge in [0.2, 0.25) is 11.8 Å². The van der Waals surface area contributed by atoms with Gasteiger partial charge >= 0.3 is 5.97 Å². The summed E-state index contributed by atoms with van der Waals surface area (Å²) in [4.78, 5) is 35.9. The number of rotatable bonds is 3. The molecule has 0 atom stereocenters. The third-order valence-corrected chi connectivity index (χ3v) is 3.33. The Labute approximate surface area is 122 Å². The van der Waals surface area contributed by atoms with Crippen LogP contribution >= 0.6 is 0 Å². The van der Waals surface area contributed by atoms with Gasteiger partial charge in [-0.05, 0) is 29.2 Å². The summed E-state index contributed by atoms with van der Waals surface area (Å²) < 4.78 is 0. The van der Waals surface area contributed by atoms with Crippen molar-refractivity contribution in [2.75, 3.05) is 4.90 Å². The molecule has 1 aromatic carbocycles. The number of nitrogens with zero attached hydrogens (tertiary/aromatic N) is 1. The molecule has 0 unspecified atom stereocenters. The zero-order chi connectivity index (χ0) is 15.6. The van der Waals surface area contributed by atoms with Crippen LogP contribution in [0.15, 0.2) is 30.3 Å². The lowest BCUT2D eigenvalue weighted by Crippen LogP contribution is -2.46. The van der Waals surface area contributed by atoms with Gasteiger partial charge in [0.25, 0.3) is 0 Å². The highest BCUT2D eigenvalue weighted by atomic mass is 16.4. The quantitative estimate of drug-likeness (QED) is 0.684. The van der Waals surface area contributed by atoms with Gasteiger partial charge in [-0.15, -0.1) is 0 Å². The molecule has 0 radical (unpaired) electrons. The Hall–Kier alpha value is -2.43. The Morgan fingerprint density at radius 3 is 2.14 bits per heavy atom. The molecular formula is C16H17NO4. The normalized spacial score (nSPS) is 18.3. The van der Waals surface area contributed by atoms with Crippen LogP contribution in [0.4, 0.5) is 5.69 Å². The zero-order valence-electron chi connectivity index (χ0n) is 12.0. The third kappa shape index (κ3) is 3.56. The molecule has 5 heteroatoms. The molecule has 2 rings (SSSR count). The van der Waals surface area contributed by atoms with Crippen molar-refractivity contribution < 1.29 is 19.5 Å². The van der Waals surface area contributed by atoms with E-state index < -0.39 is 5.97 Å². The molecule has 0 bridgehead atoms. The standard InChI is InChI=1S/C16H17NO4/c1-16(2)9-13(18)17(14(19)10-16)12-6-3-11(4-7-12)5-8-15(20)21/h3-8H,9-10H2,1-2H3,(H,20,21). The van der Waals surface area contributed by atoms with E-state index in [4.69, 9.17) is 5.11 Å². The Balaban J connectivity index is 2.21. The molecule has 1 aliphatic heterocycles. The predicted octanol–water partition coefficient (Wildman–Crippen LogP) is 2.46. The van der Waals surface area contributed by atoms with E-state index in [0.717, 1.165) is 6.08 Å². The zero-order valence-corrected chi connectivity index (χ0v) is 12.0. The number of anilines is 1. The molecule has 1 aliphatic rings.